The Bertz CT molecular complexity index is 685. The molecule has 2 rings (SSSR count). The van der Waals surface area contributed by atoms with E-state index in [4.69, 9.17) is 9.47 Å². The van der Waals surface area contributed by atoms with Crippen molar-refractivity contribution >= 4 is 23.4 Å². The molecule has 0 aliphatic rings. The average Bonchev–Trinajstić information content (AvgIpc) is 2.61. The van der Waals surface area contributed by atoms with Crippen LogP contribution >= 0.6 is 11.8 Å². The largest absolute Gasteiger partial charge is 0.497 e. The summed E-state index contributed by atoms with van der Waals surface area (Å²) in [5.41, 5.74) is 0.712. The zero-order valence-corrected chi connectivity index (χ0v) is 14.6. The van der Waals surface area contributed by atoms with E-state index in [9.17, 15) is 4.79 Å². The molecule has 0 saturated heterocycles. The molecule has 0 aliphatic carbocycles. The van der Waals surface area contributed by atoms with Crippen molar-refractivity contribution in [1.29, 1.82) is 0 Å². The Morgan fingerprint density at radius 2 is 2.00 bits per heavy atom. The Kier molecular flexibility index (Phi) is 6.75. The maximum Gasteiger partial charge on any atom is 0.237 e. The fourth-order valence-electron chi connectivity index (χ4n) is 1.97. The van der Waals surface area contributed by atoms with Crippen molar-refractivity contribution in [2.75, 3.05) is 19.0 Å². The van der Waals surface area contributed by atoms with Gasteiger partial charge in [-0.2, -0.15) is 0 Å². The summed E-state index contributed by atoms with van der Waals surface area (Å²) in [4.78, 5) is 13.4. The molecule has 1 atom stereocenters. The number of thioether (sulfide) groups is 1. The van der Waals surface area contributed by atoms with E-state index in [0.717, 1.165) is 10.6 Å². The van der Waals surface area contributed by atoms with Gasteiger partial charge in [-0.25, -0.2) is 0 Å². The van der Waals surface area contributed by atoms with Gasteiger partial charge in [0.05, 0.1) is 12.4 Å². The van der Waals surface area contributed by atoms with Crippen molar-refractivity contribution in [3.63, 3.8) is 0 Å². The van der Waals surface area contributed by atoms with Crippen LogP contribution < -0.4 is 14.8 Å². The number of benzene rings is 2. The predicted octanol–water partition coefficient (Wildman–Crippen LogP) is 4.38. The lowest BCUT2D eigenvalue weighted by molar-refractivity contribution is -0.115. The SMILES string of the molecule is C=CCOc1cccc(NC(=O)[C@@H](C)Sc2ccc(OC)cc2)c1. The monoisotopic (exact) mass is 343 g/mol. The van der Waals surface area contributed by atoms with Crippen LogP contribution in [0, 0.1) is 0 Å². The molecule has 126 valence electrons. The van der Waals surface area contributed by atoms with E-state index in [1.807, 2.05) is 49.4 Å². The molecule has 2 aromatic rings. The molecule has 2 aromatic carbocycles. The molecule has 0 spiro atoms. The smallest absolute Gasteiger partial charge is 0.237 e. The first kappa shape index (κ1) is 17.9. The standard InChI is InChI=1S/C19H21NO3S/c1-4-12-23-17-7-5-6-15(13-17)20-19(21)14(2)24-18-10-8-16(22-3)9-11-18/h4-11,13-14H,1,12H2,2-3H3,(H,20,21)/t14-/m1/s1. The van der Waals surface area contributed by atoms with E-state index >= 15 is 0 Å². The van der Waals surface area contributed by atoms with Crippen molar-refractivity contribution < 1.29 is 14.3 Å². The van der Waals surface area contributed by atoms with Crippen LogP contribution in [0.2, 0.25) is 0 Å². The summed E-state index contributed by atoms with van der Waals surface area (Å²) in [6.07, 6.45) is 1.68. The van der Waals surface area contributed by atoms with Gasteiger partial charge < -0.3 is 14.8 Å². The van der Waals surface area contributed by atoms with Crippen LogP contribution in [-0.2, 0) is 4.79 Å². The average molecular weight is 343 g/mol. The summed E-state index contributed by atoms with van der Waals surface area (Å²) < 4.78 is 10.6. The number of rotatable bonds is 8. The fraction of sp³-hybridized carbons (Fsp3) is 0.211. The molecular weight excluding hydrogens is 322 g/mol. The highest BCUT2D eigenvalue weighted by atomic mass is 32.2. The van der Waals surface area contributed by atoms with Gasteiger partial charge in [0, 0.05) is 16.6 Å². The summed E-state index contributed by atoms with van der Waals surface area (Å²) in [7, 11) is 1.63. The van der Waals surface area contributed by atoms with Crippen LogP contribution in [0.1, 0.15) is 6.92 Å². The Labute approximate surface area is 146 Å². The number of ether oxygens (including phenoxy) is 2. The van der Waals surface area contributed by atoms with E-state index in [2.05, 4.69) is 11.9 Å². The molecule has 5 heteroatoms. The first-order chi connectivity index (χ1) is 11.6. The summed E-state index contributed by atoms with van der Waals surface area (Å²) in [5.74, 6) is 1.44. The Morgan fingerprint density at radius 3 is 2.67 bits per heavy atom. The molecule has 0 unspecified atom stereocenters. The maximum absolute atomic E-state index is 12.4. The number of amides is 1. The van der Waals surface area contributed by atoms with Crippen LogP contribution in [0.4, 0.5) is 5.69 Å². The minimum Gasteiger partial charge on any atom is -0.497 e. The molecule has 24 heavy (non-hydrogen) atoms. The van der Waals surface area contributed by atoms with Gasteiger partial charge in [0.15, 0.2) is 0 Å². The molecule has 0 bridgehead atoms. The highest BCUT2D eigenvalue weighted by Crippen LogP contribution is 2.26. The third-order valence-electron chi connectivity index (χ3n) is 3.21. The maximum atomic E-state index is 12.4. The van der Waals surface area contributed by atoms with Crippen LogP contribution in [0.3, 0.4) is 0 Å². The number of hydrogen-bond acceptors (Lipinski definition) is 4. The number of anilines is 1. The normalized spacial score (nSPS) is 11.4. The minimum absolute atomic E-state index is 0.0586. The van der Waals surface area contributed by atoms with Gasteiger partial charge in [-0.1, -0.05) is 18.7 Å². The van der Waals surface area contributed by atoms with Crippen LogP contribution in [0.25, 0.3) is 0 Å². The quantitative estimate of drug-likeness (QED) is 0.571. The summed E-state index contributed by atoms with van der Waals surface area (Å²) in [6.45, 7) is 5.92. The second-order valence-electron chi connectivity index (χ2n) is 5.05. The van der Waals surface area contributed by atoms with E-state index < -0.39 is 0 Å². The first-order valence-corrected chi connectivity index (χ1v) is 8.45. The van der Waals surface area contributed by atoms with Crippen LogP contribution in [0.15, 0.2) is 66.1 Å². The third-order valence-corrected chi connectivity index (χ3v) is 4.32. The van der Waals surface area contributed by atoms with Crippen molar-refractivity contribution in [2.24, 2.45) is 0 Å². The molecule has 0 aliphatic heterocycles. The molecule has 4 nitrogen and oxygen atoms in total. The van der Waals surface area contributed by atoms with Crippen molar-refractivity contribution in [2.45, 2.75) is 17.1 Å². The highest BCUT2D eigenvalue weighted by Gasteiger charge is 2.15. The molecule has 0 fully saturated rings. The lowest BCUT2D eigenvalue weighted by Crippen LogP contribution is -2.22. The highest BCUT2D eigenvalue weighted by molar-refractivity contribution is 8.00. The Morgan fingerprint density at radius 1 is 1.25 bits per heavy atom. The third kappa shape index (κ3) is 5.35. The van der Waals surface area contributed by atoms with E-state index in [0.29, 0.717) is 18.0 Å². The zero-order valence-electron chi connectivity index (χ0n) is 13.8. The second-order valence-corrected chi connectivity index (χ2v) is 6.47. The van der Waals surface area contributed by atoms with Gasteiger partial charge in [0.25, 0.3) is 0 Å². The van der Waals surface area contributed by atoms with Gasteiger partial charge in [0.1, 0.15) is 18.1 Å². The van der Waals surface area contributed by atoms with Crippen molar-refractivity contribution in [3.05, 3.63) is 61.2 Å². The van der Waals surface area contributed by atoms with Crippen LogP contribution in [-0.4, -0.2) is 24.9 Å². The predicted molar refractivity (Wildman–Crippen MR) is 99.1 cm³/mol. The van der Waals surface area contributed by atoms with Gasteiger partial charge in [-0.3, -0.25) is 4.79 Å². The minimum atomic E-state index is -0.226. The molecule has 0 radical (unpaired) electrons. The summed E-state index contributed by atoms with van der Waals surface area (Å²) in [5, 5.41) is 2.69. The number of methoxy groups -OCH3 is 1. The number of carbonyl (C=O) groups excluding carboxylic acids is 1. The number of hydrogen-bond donors (Lipinski definition) is 1. The van der Waals surface area contributed by atoms with E-state index in [-0.39, 0.29) is 11.2 Å². The van der Waals surface area contributed by atoms with E-state index in [1.165, 1.54) is 11.8 Å². The van der Waals surface area contributed by atoms with E-state index in [1.54, 1.807) is 19.3 Å². The molecule has 0 saturated carbocycles. The molecule has 1 N–H and O–H groups in total. The Hall–Kier alpha value is -2.40. The van der Waals surface area contributed by atoms with Gasteiger partial charge in [-0.05, 0) is 43.3 Å². The zero-order chi connectivity index (χ0) is 17.4. The summed E-state index contributed by atoms with van der Waals surface area (Å²) >= 11 is 1.50. The van der Waals surface area contributed by atoms with Crippen molar-refractivity contribution in [3.8, 4) is 11.5 Å². The fourth-order valence-corrected chi connectivity index (χ4v) is 2.84. The molecule has 1 amide bonds. The second kappa shape index (κ2) is 9.03. The van der Waals surface area contributed by atoms with Crippen LogP contribution in [0.5, 0.6) is 11.5 Å². The van der Waals surface area contributed by atoms with Gasteiger partial charge in [0.2, 0.25) is 5.91 Å². The van der Waals surface area contributed by atoms with Gasteiger partial charge >= 0.3 is 0 Å². The summed E-state index contributed by atoms with van der Waals surface area (Å²) in [6, 6.07) is 15.0. The lowest BCUT2D eigenvalue weighted by atomic mass is 10.3. The number of carbonyl (C=O) groups is 1. The molecular formula is C19H21NO3S. The van der Waals surface area contributed by atoms with Crippen molar-refractivity contribution in [1.82, 2.24) is 0 Å². The lowest BCUT2D eigenvalue weighted by Gasteiger charge is -2.13. The number of nitrogens with one attached hydrogen (secondary N) is 1. The molecule has 0 heterocycles. The first-order valence-electron chi connectivity index (χ1n) is 7.57. The Balaban J connectivity index is 1.94. The van der Waals surface area contributed by atoms with Gasteiger partial charge in [-0.15, -0.1) is 11.8 Å². The topological polar surface area (TPSA) is 47.6 Å². The molecule has 0 aromatic heterocycles.